The number of ether oxygens (including phenoxy) is 1. The van der Waals surface area contributed by atoms with Gasteiger partial charge < -0.3 is 10.5 Å². The highest BCUT2D eigenvalue weighted by molar-refractivity contribution is 6.35. The van der Waals surface area contributed by atoms with Crippen LogP contribution in [0.15, 0.2) is 24.4 Å². The number of hydrogen-bond acceptors (Lipinski definition) is 3. The van der Waals surface area contributed by atoms with Crippen molar-refractivity contribution in [2.24, 2.45) is 7.05 Å². The quantitative estimate of drug-likeness (QED) is 0.922. The number of aryl methyl sites for hydroxylation is 1. The highest BCUT2D eigenvalue weighted by Crippen LogP contribution is 2.32. The van der Waals surface area contributed by atoms with Crippen LogP contribution in [0.1, 0.15) is 0 Å². The molecule has 1 heterocycles. The van der Waals surface area contributed by atoms with Crippen LogP contribution >= 0.6 is 35.6 Å². The third-order valence-electron chi connectivity index (χ3n) is 1.92. The van der Waals surface area contributed by atoms with Crippen LogP contribution in [0.5, 0.6) is 11.6 Å². The van der Waals surface area contributed by atoms with Crippen LogP contribution in [0.4, 0.5) is 5.69 Å². The minimum absolute atomic E-state index is 0. The molecular formula is C10H10Cl3N3O. The lowest BCUT2D eigenvalue weighted by molar-refractivity contribution is 0.456. The molecule has 2 rings (SSSR count). The second-order valence-electron chi connectivity index (χ2n) is 3.24. The summed E-state index contributed by atoms with van der Waals surface area (Å²) in [4.78, 5) is 0. The third-order valence-corrected chi connectivity index (χ3v) is 2.45. The molecule has 0 bridgehead atoms. The van der Waals surface area contributed by atoms with Crippen molar-refractivity contribution in [3.63, 3.8) is 0 Å². The summed E-state index contributed by atoms with van der Waals surface area (Å²) in [6.07, 6.45) is 1.65. The molecule has 0 spiro atoms. The zero-order valence-corrected chi connectivity index (χ0v) is 11.2. The fraction of sp³-hybridized carbons (Fsp3) is 0.100. The highest BCUT2D eigenvalue weighted by atomic mass is 35.5. The minimum Gasteiger partial charge on any atom is -0.434 e. The minimum atomic E-state index is 0. The van der Waals surface area contributed by atoms with Gasteiger partial charge in [-0.15, -0.1) is 17.5 Å². The van der Waals surface area contributed by atoms with Crippen molar-refractivity contribution < 1.29 is 4.74 Å². The summed E-state index contributed by atoms with van der Waals surface area (Å²) in [5.74, 6) is 0.795. The van der Waals surface area contributed by atoms with Gasteiger partial charge in [-0.2, -0.15) is 0 Å². The fourth-order valence-electron chi connectivity index (χ4n) is 1.23. The van der Waals surface area contributed by atoms with Crippen molar-refractivity contribution in [1.29, 1.82) is 0 Å². The van der Waals surface area contributed by atoms with Crippen molar-refractivity contribution in [2.75, 3.05) is 5.73 Å². The van der Waals surface area contributed by atoms with Crippen molar-refractivity contribution in [1.82, 2.24) is 9.78 Å². The van der Waals surface area contributed by atoms with Gasteiger partial charge in [0.05, 0.1) is 11.2 Å². The summed E-state index contributed by atoms with van der Waals surface area (Å²) in [5, 5.41) is 5.01. The van der Waals surface area contributed by atoms with Crippen LogP contribution in [0, 0.1) is 0 Å². The first-order valence-electron chi connectivity index (χ1n) is 4.48. The molecule has 17 heavy (non-hydrogen) atoms. The van der Waals surface area contributed by atoms with Gasteiger partial charge >= 0.3 is 0 Å². The number of nitrogen functional groups attached to an aromatic ring is 1. The fourth-order valence-corrected chi connectivity index (χ4v) is 1.67. The van der Waals surface area contributed by atoms with Gasteiger partial charge in [0.15, 0.2) is 0 Å². The number of benzene rings is 1. The van der Waals surface area contributed by atoms with Gasteiger partial charge in [-0.1, -0.05) is 23.2 Å². The third kappa shape index (κ3) is 3.19. The Labute approximate surface area is 115 Å². The number of halogens is 3. The van der Waals surface area contributed by atoms with Gasteiger partial charge in [0.25, 0.3) is 5.88 Å². The molecule has 4 nitrogen and oxygen atoms in total. The average Bonchev–Trinajstić information content (AvgIpc) is 2.50. The van der Waals surface area contributed by atoms with Gasteiger partial charge in [-0.05, 0) is 18.2 Å². The predicted octanol–water partition coefficient (Wildman–Crippen LogP) is 3.52. The Morgan fingerprint density at radius 1 is 1.35 bits per heavy atom. The molecule has 0 aliphatic carbocycles. The zero-order valence-electron chi connectivity index (χ0n) is 8.85. The van der Waals surface area contributed by atoms with Crippen molar-refractivity contribution in [3.8, 4) is 11.6 Å². The predicted molar refractivity (Wildman–Crippen MR) is 71.4 cm³/mol. The molecule has 7 heteroatoms. The van der Waals surface area contributed by atoms with E-state index in [1.54, 1.807) is 36.1 Å². The van der Waals surface area contributed by atoms with E-state index in [2.05, 4.69) is 5.10 Å². The Hall–Kier alpha value is -1.10. The van der Waals surface area contributed by atoms with Gasteiger partial charge in [0.1, 0.15) is 11.4 Å². The van der Waals surface area contributed by atoms with Crippen molar-refractivity contribution in [2.45, 2.75) is 0 Å². The first kappa shape index (κ1) is 14.0. The van der Waals surface area contributed by atoms with Gasteiger partial charge in [-0.3, -0.25) is 4.68 Å². The van der Waals surface area contributed by atoms with Crippen LogP contribution < -0.4 is 10.5 Å². The molecule has 0 atom stereocenters. The van der Waals surface area contributed by atoms with Crippen molar-refractivity contribution >= 4 is 41.3 Å². The zero-order chi connectivity index (χ0) is 11.7. The average molecular weight is 295 g/mol. The Balaban J connectivity index is 0.00000144. The molecule has 0 saturated heterocycles. The number of aromatic nitrogens is 2. The number of nitrogens with two attached hydrogens (primary N) is 1. The number of nitrogens with zero attached hydrogens (tertiary/aromatic N) is 2. The number of anilines is 1. The Morgan fingerprint density at radius 2 is 2.06 bits per heavy atom. The second-order valence-corrected chi connectivity index (χ2v) is 4.08. The van der Waals surface area contributed by atoms with Gasteiger partial charge in [0, 0.05) is 12.1 Å². The Kier molecular flexibility index (Phi) is 4.51. The van der Waals surface area contributed by atoms with Gasteiger partial charge in [-0.25, -0.2) is 0 Å². The maximum absolute atomic E-state index is 5.95. The normalized spacial score (nSPS) is 9.82. The summed E-state index contributed by atoms with van der Waals surface area (Å²) in [6, 6.07) is 4.94. The topological polar surface area (TPSA) is 53.1 Å². The second kappa shape index (κ2) is 5.49. The molecule has 0 aliphatic heterocycles. The molecule has 2 aromatic rings. The van der Waals surface area contributed by atoms with E-state index in [4.69, 9.17) is 33.7 Å². The van der Waals surface area contributed by atoms with E-state index in [-0.39, 0.29) is 12.4 Å². The monoisotopic (exact) mass is 293 g/mol. The van der Waals surface area contributed by atoms with E-state index < -0.39 is 0 Å². The number of rotatable bonds is 2. The summed E-state index contributed by atoms with van der Waals surface area (Å²) in [7, 11) is 1.76. The van der Waals surface area contributed by atoms with Crippen LogP contribution in [-0.4, -0.2) is 9.78 Å². The highest BCUT2D eigenvalue weighted by Gasteiger charge is 2.09. The van der Waals surface area contributed by atoms with E-state index in [0.29, 0.717) is 27.4 Å². The molecule has 0 saturated carbocycles. The molecule has 0 radical (unpaired) electrons. The lowest BCUT2D eigenvalue weighted by Gasteiger charge is -2.05. The largest absolute Gasteiger partial charge is 0.434 e. The smallest absolute Gasteiger partial charge is 0.261 e. The first-order chi connectivity index (χ1) is 7.56. The molecular weight excluding hydrogens is 284 g/mol. The molecule has 2 N–H and O–H groups in total. The molecule has 1 aromatic heterocycles. The Morgan fingerprint density at radius 3 is 2.59 bits per heavy atom. The van der Waals surface area contributed by atoms with E-state index in [9.17, 15) is 0 Å². The van der Waals surface area contributed by atoms with E-state index in [1.165, 1.54) is 0 Å². The van der Waals surface area contributed by atoms with Crippen molar-refractivity contribution in [3.05, 3.63) is 34.4 Å². The maximum atomic E-state index is 5.95. The first-order valence-corrected chi connectivity index (χ1v) is 5.24. The van der Waals surface area contributed by atoms with Crippen LogP contribution in [0.25, 0.3) is 0 Å². The van der Waals surface area contributed by atoms with Crippen LogP contribution in [0.3, 0.4) is 0 Å². The summed E-state index contributed by atoms with van der Waals surface area (Å²) in [5.41, 5.74) is 6.14. The molecule has 0 aliphatic rings. The maximum Gasteiger partial charge on any atom is 0.261 e. The van der Waals surface area contributed by atoms with Gasteiger partial charge in [0.2, 0.25) is 0 Å². The lowest BCUT2D eigenvalue weighted by Crippen LogP contribution is -1.91. The Bertz CT molecular complexity index is 528. The standard InChI is InChI=1S/C10H9Cl2N3O.ClH/c1-15-5-8(13)10(14-15)16-9-3-2-6(11)4-7(9)12;/h2-5H,13H2,1H3;1H. The lowest BCUT2D eigenvalue weighted by atomic mass is 10.3. The summed E-state index contributed by atoms with van der Waals surface area (Å²) >= 11 is 11.7. The number of hydrogen-bond donors (Lipinski definition) is 1. The molecule has 0 fully saturated rings. The van der Waals surface area contributed by atoms with E-state index in [0.717, 1.165) is 0 Å². The SMILES string of the molecule is Cl.Cn1cc(N)c(Oc2ccc(Cl)cc2Cl)n1. The molecule has 0 unspecified atom stereocenters. The molecule has 0 amide bonds. The summed E-state index contributed by atoms with van der Waals surface area (Å²) < 4.78 is 7.03. The molecule has 92 valence electrons. The summed E-state index contributed by atoms with van der Waals surface area (Å²) in [6.45, 7) is 0. The van der Waals surface area contributed by atoms with E-state index >= 15 is 0 Å². The van der Waals surface area contributed by atoms with Crippen LogP contribution in [-0.2, 0) is 7.05 Å². The molecule has 1 aromatic carbocycles. The van der Waals surface area contributed by atoms with E-state index in [1.807, 2.05) is 0 Å². The van der Waals surface area contributed by atoms with Crippen LogP contribution in [0.2, 0.25) is 10.0 Å².